The molecule has 7 nitrogen and oxygen atoms in total. The molecule has 1 aromatic carbocycles. The molecule has 0 N–H and O–H groups in total. The van der Waals surface area contributed by atoms with Gasteiger partial charge in [0.15, 0.2) is 0 Å². The molecule has 1 amide bonds. The van der Waals surface area contributed by atoms with Crippen molar-refractivity contribution in [3.05, 3.63) is 70.5 Å². The van der Waals surface area contributed by atoms with Crippen LogP contribution in [-0.2, 0) is 11.3 Å². The van der Waals surface area contributed by atoms with Gasteiger partial charge in [-0.3, -0.25) is 14.3 Å². The minimum absolute atomic E-state index is 0.0896. The van der Waals surface area contributed by atoms with Gasteiger partial charge in [-0.2, -0.15) is 10.2 Å². The Labute approximate surface area is 183 Å². The van der Waals surface area contributed by atoms with E-state index in [0.29, 0.717) is 26.1 Å². The molecule has 3 aromatic heterocycles. The summed E-state index contributed by atoms with van der Waals surface area (Å²) < 4.78 is 3.45. The summed E-state index contributed by atoms with van der Waals surface area (Å²) in [5.74, 6) is 0.0896. The van der Waals surface area contributed by atoms with Crippen molar-refractivity contribution in [3.63, 3.8) is 0 Å². The van der Waals surface area contributed by atoms with Crippen LogP contribution in [0.25, 0.3) is 21.5 Å². The highest BCUT2D eigenvalue weighted by atomic mass is 32.1. The van der Waals surface area contributed by atoms with Crippen LogP contribution in [0.1, 0.15) is 25.3 Å². The Bertz CT molecular complexity index is 1260. The van der Waals surface area contributed by atoms with Gasteiger partial charge in [0.1, 0.15) is 5.69 Å². The fraction of sp³-hybridized carbons (Fsp3) is 0.304. The summed E-state index contributed by atoms with van der Waals surface area (Å²) in [5.41, 5.74) is 1.71. The minimum Gasteiger partial charge on any atom is -0.340 e. The van der Waals surface area contributed by atoms with Crippen LogP contribution in [0.3, 0.4) is 0 Å². The smallest absolute Gasteiger partial charge is 0.267 e. The highest BCUT2D eigenvalue weighted by molar-refractivity contribution is 7.13. The Balaban J connectivity index is 1.28. The van der Waals surface area contributed by atoms with Crippen molar-refractivity contribution >= 4 is 28.1 Å². The number of thiophene rings is 1. The highest BCUT2D eigenvalue weighted by Crippen LogP contribution is 2.24. The summed E-state index contributed by atoms with van der Waals surface area (Å²) in [4.78, 5) is 28.3. The Morgan fingerprint density at radius 1 is 1.13 bits per heavy atom. The highest BCUT2D eigenvalue weighted by Gasteiger charge is 2.26. The Morgan fingerprint density at radius 3 is 2.90 bits per heavy atom. The first-order chi connectivity index (χ1) is 15.2. The number of fused-ring (bicyclic) bond motifs is 1. The molecule has 5 rings (SSSR count). The van der Waals surface area contributed by atoms with E-state index in [1.54, 1.807) is 28.2 Å². The molecule has 1 aliphatic rings. The Morgan fingerprint density at radius 2 is 2.03 bits per heavy atom. The van der Waals surface area contributed by atoms with Crippen LogP contribution in [0, 0.1) is 0 Å². The number of amides is 1. The van der Waals surface area contributed by atoms with Crippen molar-refractivity contribution in [2.45, 2.75) is 31.8 Å². The lowest BCUT2D eigenvalue weighted by Gasteiger charge is -2.33. The summed E-state index contributed by atoms with van der Waals surface area (Å²) in [5, 5.41) is 12.1. The average molecular weight is 434 g/mol. The molecule has 1 atom stereocenters. The van der Waals surface area contributed by atoms with Crippen LogP contribution < -0.4 is 5.56 Å². The summed E-state index contributed by atoms with van der Waals surface area (Å²) in [6.45, 7) is 1.77. The van der Waals surface area contributed by atoms with Gasteiger partial charge in [0.2, 0.25) is 5.91 Å². The zero-order valence-electron chi connectivity index (χ0n) is 17.1. The molecule has 1 unspecified atom stereocenters. The van der Waals surface area contributed by atoms with E-state index in [1.165, 1.54) is 0 Å². The number of piperidine rings is 1. The van der Waals surface area contributed by atoms with Crippen molar-refractivity contribution in [2.24, 2.45) is 0 Å². The lowest BCUT2D eigenvalue weighted by Crippen LogP contribution is -2.43. The van der Waals surface area contributed by atoms with Gasteiger partial charge in [-0.05, 0) is 36.4 Å². The van der Waals surface area contributed by atoms with Gasteiger partial charge in [-0.25, -0.2) is 4.68 Å². The number of aromatic nitrogens is 4. The molecule has 0 spiro atoms. The third kappa shape index (κ3) is 4.03. The van der Waals surface area contributed by atoms with E-state index in [2.05, 4.69) is 10.2 Å². The second-order valence-electron chi connectivity index (χ2n) is 7.79. The number of rotatable bonds is 5. The van der Waals surface area contributed by atoms with E-state index in [9.17, 15) is 9.59 Å². The molecular formula is C23H23N5O2S. The molecule has 0 aliphatic carbocycles. The second-order valence-corrected chi connectivity index (χ2v) is 8.74. The van der Waals surface area contributed by atoms with Crippen LogP contribution >= 0.6 is 11.3 Å². The topological polar surface area (TPSA) is 73.0 Å². The van der Waals surface area contributed by atoms with Gasteiger partial charge in [-0.1, -0.05) is 24.3 Å². The number of hydrogen-bond acceptors (Lipinski definition) is 5. The summed E-state index contributed by atoms with van der Waals surface area (Å²) >= 11 is 1.60. The molecule has 31 heavy (non-hydrogen) atoms. The number of para-hydroxylation sites is 1. The fourth-order valence-corrected chi connectivity index (χ4v) is 4.88. The van der Waals surface area contributed by atoms with Crippen LogP contribution in [-0.4, -0.2) is 43.5 Å². The number of carbonyl (C=O) groups excluding carboxylic acids is 1. The standard InChI is InChI=1S/C23H23N5O2S/c29-22(11-13-27-20-7-2-1-5-17(20)15-24-27)26-12-3-6-18(16-26)28-23(30)10-9-19(25-28)21-8-4-14-31-21/h1-2,4-5,7-10,14-15,18H,3,6,11-13,16H2. The summed E-state index contributed by atoms with van der Waals surface area (Å²) in [6, 6.07) is 15.2. The average Bonchev–Trinajstić information content (AvgIpc) is 3.48. The predicted molar refractivity (Wildman–Crippen MR) is 121 cm³/mol. The van der Waals surface area contributed by atoms with E-state index >= 15 is 0 Å². The Kier molecular flexibility index (Phi) is 5.38. The fourth-order valence-electron chi connectivity index (χ4n) is 4.19. The van der Waals surface area contributed by atoms with E-state index < -0.39 is 0 Å². The number of likely N-dealkylation sites (tertiary alicyclic amines) is 1. The predicted octanol–water partition coefficient (Wildman–Crippen LogP) is 3.58. The van der Waals surface area contributed by atoms with Gasteiger partial charge in [-0.15, -0.1) is 11.3 Å². The Hall–Kier alpha value is -3.26. The van der Waals surface area contributed by atoms with Crippen molar-refractivity contribution in [1.82, 2.24) is 24.5 Å². The first kappa shape index (κ1) is 19.7. The van der Waals surface area contributed by atoms with Gasteiger partial charge >= 0.3 is 0 Å². The zero-order valence-corrected chi connectivity index (χ0v) is 17.9. The summed E-state index contributed by atoms with van der Waals surface area (Å²) in [7, 11) is 0. The van der Waals surface area contributed by atoms with E-state index in [1.807, 2.05) is 57.6 Å². The van der Waals surface area contributed by atoms with Crippen LogP contribution in [0.2, 0.25) is 0 Å². The third-order valence-corrected chi connectivity index (χ3v) is 6.67. The van der Waals surface area contributed by atoms with E-state index in [4.69, 9.17) is 0 Å². The van der Waals surface area contributed by atoms with Gasteiger partial charge in [0, 0.05) is 31.0 Å². The molecule has 0 radical (unpaired) electrons. The van der Waals surface area contributed by atoms with Gasteiger partial charge in [0.05, 0.1) is 29.2 Å². The maximum Gasteiger partial charge on any atom is 0.267 e. The largest absolute Gasteiger partial charge is 0.340 e. The number of nitrogens with zero attached hydrogens (tertiary/aromatic N) is 5. The molecule has 0 saturated carbocycles. The summed E-state index contributed by atoms with van der Waals surface area (Å²) in [6.07, 6.45) is 3.91. The van der Waals surface area contributed by atoms with E-state index in [-0.39, 0.29) is 17.5 Å². The molecule has 4 heterocycles. The third-order valence-electron chi connectivity index (χ3n) is 5.78. The molecule has 1 aliphatic heterocycles. The maximum absolute atomic E-state index is 12.9. The number of carbonyl (C=O) groups is 1. The van der Waals surface area contributed by atoms with Crippen molar-refractivity contribution in [2.75, 3.05) is 13.1 Å². The zero-order chi connectivity index (χ0) is 21.2. The lowest BCUT2D eigenvalue weighted by atomic mass is 10.1. The SMILES string of the molecule is O=C(CCn1ncc2ccccc21)N1CCCC(n2nc(-c3cccs3)ccc2=O)C1. The maximum atomic E-state index is 12.9. The molecule has 158 valence electrons. The number of hydrogen-bond donors (Lipinski definition) is 0. The van der Waals surface area contributed by atoms with Crippen LogP contribution in [0.5, 0.6) is 0 Å². The minimum atomic E-state index is -0.123. The second kappa shape index (κ2) is 8.47. The lowest BCUT2D eigenvalue weighted by molar-refractivity contribution is -0.133. The van der Waals surface area contributed by atoms with Gasteiger partial charge < -0.3 is 4.90 Å². The molecule has 1 fully saturated rings. The van der Waals surface area contributed by atoms with Gasteiger partial charge in [0.25, 0.3) is 5.56 Å². The van der Waals surface area contributed by atoms with Crippen molar-refractivity contribution in [1.29, 1.82) is 0 Å². The molecule has 8 heteroatoms. The number of aryl methyl sites for hydroxylation is 1. The molecule has 0 bridgehead atoms. The van der Waals surface area contributed by atoms with Crippen LogP contribution in [0.15, 0.2) is 64.9 Å². The van der Waals surface area contributed by atoms with Crippen molar-refractivity contribution in [3.8, 4) is 10.6 Å². The number of benzene rings is 1. The molecular weight excluding hydrogens is 410 g/mol. The molecule has 4 aromatic rings. The quantitative estimate of drug-likeness (QED) is 0.482. The van der Waals surface area contributed by atoms with E-state index in [0.717, 1.165) is 34.3 Å². The van der Waals surface area contributed by atoms with Crippen molar-refractivity contribution < 1.29 is 4.79 Å². The first-order valence-corrected chi connectivity index (χ1v) is 11.4. The first-order valence-electron chi connectivity index (χ1n) is 10.5. The normalized spacial score (nSPS) is 16.6. The molecule has 1 saturated heterocycles. The monoisotopic (exact) mass is 433 g/mol. The van der Waals surface area contributed by atoms with Crippen LogP contribution in [0.4, 0.5) is 0 Å².